The molecule has 0 aliphatic carbocycles. The van der Waals surface area contributed by atoms with Gasteiger partial charge in [0.25, 0.3) is 0 Å². The number of esters is 1. The number of hydrogen-bond acceptors (Lipinski definition) is 8. The fourth-order valence-corrected chi connectivity index (χ4v) is 4.27. The molecule has 0 spiro atoms. The second-order valence-electron chi connectivity index (χ2n) is 7.42. The minimum atomic E-state index is -0.975. The van der Waals surface area contributed by atoms with Crippen LogP contribution in [0, 0.1) is 29.6 Å². The molecule has 0 saturated heterocycles. The first-order valence-electron chi connectivity index (χ1n) is 10.6. The predicted molar refractivity (Wildman–Crippen MR) is 136 cm³/mol. The third-order valence-corrected chi connectivity index (χ3v) is 6.13. The van der Waals surface area contributed by atoms with Gasteiger partial charge in [-0.1, -0.05) is 59.3 Å². The first kappa shape index (κ1) is 29.9. The number of aryl methyl sites for hydroxylation is 1. The minimum Gasteiger partial charge on any atom is -0.870 e. The van der Waals surface area contributed by atoms with Gasteiger partial charge in [0.15, 0.2) is 5.78 Å². The van der Waals surface area contributed by atoms with Crippen molar-refractivity contribution in [1.82, 2.24) is 0 Å². The molecule has 0 aliphatic rings. The molecular weight excluding hydrogens is 521 g/mol. The number of nitriles is 2. The van der Waals surface area contributed by atoms with E-state index in [1.807, 2.05) is 6.92 Å². The van der Waals surface area contributed by atoms with Gasteiger partial charge in [0.1, 0.15) is 28.3 Å². The van der Waals surface area contributed by atoms with Crippen LogP contribution in [0.4, 0.5) is 5.00 Å². The molecule has 37 heavy (non-hydrogen) atoms. The van der Waals surface area contributed by atoms with E-state index in [-0.39, 0.29) is 52.4 Å². The van der Waals surface area contributed by atoms with Gasteiger partial charge < -0.3 is 15.2 Å². The number of nitrogens with one attached hydrogen (secondary N) is 1. The Labute approximate surface area is 245 Å². The Morgan fingerprint density at radius 3 is 2.30 bits per heavy atom. The summed E-state index contributed by atoms with van der Waals surface area (Å²) in [6, 6.07) is 16.6. The van der Waals surface area contributed by atoms with Gasteiger partial charge in [0.05, 0.1) is 6.61 Å². The largest absolute Gasteiger partial charge is 1.00 e. The average Bonchev–Trinajstić information content (AvgIpc) is 3.29. The smallest absolute Gasteiger partial charge is 0.870 e. The van der Waals surface area contributed by atoms with Crippen LogP contribution < -0.4 is 40.0 Å². The molecule has 1 aromatic heterocycles. The van der Waals surface area contributed by atoms with E-state index in [1.165, 1.54) is 0 Å². The minimum absolute atomic E-state index is 0. The summed E-state index contributed by atoms with van der Waals surface area (Å²) in [4.78, 5) is 25.8. The number of hydrogen-bond donors (Lipinski definition) is 1. The maximum atomic E-state index is 13.0. The van der Waals surface area contributed by atoms with Gasteiger partial charge in [-0.3, -0.25) is 4.79 Å². The van der Waals surface area contributed by atoms with E-state index in [4.69, 9.17) is 16.3 Å². The van der Waals surface area contributed by atoms with Crippen LogP contribution >= 0.6 is 22.9 Å². The van der Waals surface area contributed by atoms with Gasteiger partial charge in [0, 0.05) is 33.3 Å². The fourth-order valence-electron chi connectivity index (χ4n) is 3.17. The Bertz CT molecular complexity index is 1430. The summed E-state index contributed by atoms with van der Waals surface area (Å²) in [5, 5.41) is 36.7. The van der Waals surface area contributed by atoms with Gasteiger partial charge in [-0.15, -0.1) is 11.3 Å². The van der Waals surface area contributed by atoms with E-state index < -0.39 is 23.1 Å². The molecule has 0 atom stereocenters. The molecule has 0 saturated carbocycles. The maximum Gasteiger partial charge on any atom is 1.00 e. The average molecular weight is 540 g/mol. The molecular formula is C27H19ClN3NaO4S. The van der Waals surface area contributed by atoms with Gasteiger partial charge in [0.2, 0.25) is 0 Å². The summed E-state index contributed by atoms with van der Waals surface area (Å²) in [6.07, 6.45) is 1.01. The molecule has 3 rings (SSSR count). The van der Waals surface area contributed by atoms with E-state index in [1.54, 1.807) is 73.0 Å². The van der Waals surface area contributed by atoms with Crippen LogP contribution in [-0.4, -0.2) is 18.4 Å². The number of thiophene rings is 1. The first-order chi connectivity index (χ1) is 17.3. The third-order valence-electron chi connectivity index (χ3n) is 4.98. The van der Waals surface area contributed by atoms with Crippen molar-refractivity contribution < 1.29 is 49.0 Å². The third kappa shape index (κ3) is 7.33. The molecule has 0 unspecified atom stereocenters. The van der Waals surface area contributed by atoms with Crippen LogP contribution in [0.2, 0.25) is 5.02 Å². The van der Waals surface area contributed by atoms with Crippen molar-refractivity contribution in [2.45, 2.75) is 13.8 Å². The van der Waals surface area contributed by atoms with Crippen LogP contribution in [0.15, 0.2) is 77.0 Å². The number of anilines is 1. The topological polar surface area (TPSA) is 126 Å². The van der Waals surface area contributed by atoms with Crippen LogP contribution in [0.25, 0.3) is 11.1 Å². The molecule has 180 valence electrons. The molecule has 1 heterocycles. The molecule has 2 aromatic carbocycles. The van der Waals surface area contributed by atoms with Gasteiger partial charge in [-0.25, -0.2) is 4.79 Å². The number of ether oxygens (including phenoxy) is 1. The quantitative estimate of drug-likeness (QED) is 0.0885. The monoisotopic (exact) mass is 539 g/mol. The Morgan fingerprint density at radius 1 is 1.11 bits per heavy atom. The maximum absolute atomic E-state index is 13.0. The number of nitrogens with zero attached hydrogens (tertiary/aromatic N) is 2. The van der Waals surface area contributed by atoms with E-state index >= 15 is 0 Å². The number of carbonyl (C=O) groups excluding carboxylic acids is 2. The standard InChI is InChI=1S/C27H20ClN3O4S.Na/c1-3-35-27(34)24-21(17-8-10-20(28)11-9-17)15-36-26(24)31-22(25(33)19(13-29)14-30)12-23(32)18-6-4-16(2)5-7-18;/h4-12,15,31,33H,3H2,1-2H3;/q;+1/p-1. The molecule has 1 N–H and O–H groups in total. The van der Waals surface area contributed by atoms with Gasteiger partial charge >= 0.3 is 35.5 Å². The number of rotatable bonds is 8. The summed E-state index contributed by atoms with van der Waals surface area (Å²) >= 11 is 7.09. The zero-order chi connectivity index (χ0) is 26.2. The number of halogens is 1. The second kappa shape index (κ2) is 13.8. The van der Waals surface area contributed by atoms with Crippen LogP contribution in [0.1, 0.15) is 33.2 Å². The number of carbonyl (C=O) groups is 2. The van der Waals surface area contributed by atoms with Crippen molar-refractivity contribution in [3.63, 3.8) is 0 Å². The first-order valence-corrected chi connectivity index (χ1v) is 11.9. The SMILES string of the molecule is CCOC(=O)c1c(-c2ccc(Cl)cc2)csc1NC(=CC(=O)c1ccc(C)cc1)C([O-])=C(C#N)C#N.[Na+]. The molecule has 10 heteroatoms. The molecule has 0 aliphatic heterocycles. The van der Waals surface area contributed by atoms with Crippen molar-refractivity contribution in [3.05, 3.63) is 98.7 Å². The van der Waals surface area contributed by atoms with Gasteiger partial charge in [-0.2, -0.15) is 10.5 Å². The van der Waals surface area contributed by atoms with Crippen molar-refractivity contribution in [1.29, 1.82) is 10.5 Å². The Morgan fingerprint density at radius 2 is 1.73 bits per heavy atom. The van der Waals surface area contributed by atoms with E-state index in [0.29, 0.717) is 21.7 Å². The zero-order valence-electron chi connectivity index (χ0n) is 20.3. The van der Waals surface area contributed by atoms with Crippen molar-refractivity contribution in [3.8, 4) is 23.3 Å². The van der Waals surface area contributed by atoms with Crippen LogP contribution in [-0.2, 0) is 4.74 Å². The summed E-state index contributed by atoms with van der Waals surface area (Å²) in [6.45, 7) is 3.64. The van der Waals surface area contributed by atoms with E-state index in [0.717, 1.165) is 23.0 Å². The van der Waals surface area contributed by atoms with E-state index in [9.17, 15) is 25.2 Å². The molecule has 0 bridgehead atoms. The van der Waals surface area contributed by atoms with Crippen molar-refractivity contribution in [2.75, 3.05) is 11.9 Å². The Kier molecular flexibility index (Phi) is 11.1. The van der Waals surface area contributed by atoms with Crippen molar-refractivity contribution in [2.24, 2.45) is 0 Å². The Hall–Kier alpha value is -3.37. The van der Waals surface area contributed by atoms with Crippen LogP contribution in [0.5, 0.6) is 0 Å². The van der Waals surface area contributed by atoms with E-state index in [2.05, 4.69) is 5.32 Å². The summed E-state index contributed by atoms with van der Waals surface area (Å²) in [5.74, 6) is -2.14. The number of ketones is 1. The van der Waals surface area contributed by atoms with Crippen molar-refractivity contribution >= 4 is 39.7 Å². The van der Waals surface area contributed by atoms with Gasteiger partial charge in [-0.05, 0) is 31.5 Å². The Balaban J connectivity index is 0.00000481. The molecule has 0 radical (unpaired) electrons. The summed E-state index contributed by atoms with van der Waals surface area (Å²) < 4.78 is 5.23. The number of allylic oxidation sites excluding steroid dienone is 2. The second-order valence-corrected chi connectivity index (χ2v) is 8.74. The normalized spacial score (nSPS) is 10.4. The molecule has 0 fully saturated rings. The molecule has 7 nitrogen and oxygen atoms in total. The zero-order valence-corrected chi connectivity index (χ0v) is 23.9. The molecule has 0 amide bonds. The fraction of sp³-hybridized carbons (Fsp3) is 0.111. The number of benzene rings is 2. The molecule has 3 aromatic rings. The summed E-state index contributed by atoms with van der Waals surface area (Å²) in [5.41, 5.74) is 1.57. The summed E-state index contributed by atoms with van der Waals surface area (Å²) in [7, 11) is 0. The predicted octanol–water partition coefficient (Wildman–Crippen LogP) is 2.40. The van der Waals surface area contributed by atoms with Crippen LogP contribution in [0.3, 0.4) is 0 Å².